The summed E-state index contributed by atoms with van der Waals surface area (Å²) in [7, 11) is 0. The second-order valence-electron chi connectivity index (χ2n) is 7.96. The van der Waals surface area contributed by atoms with E-state index in [2.05, 4.69) is 50.0 Å². The molecule has 1 unspecified atom stereocenters. The minimum Gasteiger partial charge on any atom is -0.294 e. The summed E-state index contributed by atoms with van der Waals surface area (Å²) in [6, 6.07) is 10.4. The molecule has 0 saturated carbocycles. The highest BCUT2D eigenvalue weighted by Crippen LogP contribution is 2.55. The Morgan fingerprint density at radius 1 is 1.20 bits per heavy atom. The second kappa shape index (κ2) is 5.78. The molecule has 2 aromatic rings. The molecule has 0 N–H and O–H groups in total. The van der Waals surface area contributed by atoms with Crippen LogP contribution in [0.1, 0.15) is 56.2 Å². The molecule has 130 valence electrons. The maximum Gasteiger partial charge on any atom is 0.184 e. The number of allylic oxidation sites excluding steroid dienone is 2. The number of carbonyl (C=O) groups excluding carboxylic acids is 1. The van der Waals surface area contributed by atoms with Crippen molar-refractivity contribution in [2.45, 2.75) is 51.9 Å². The van der Waals surface area contributed by atoms with E-state index in [4.69, 9.17) is 11.6 Å². The van der Waals surface area contributed by atoms with E-state index in [1.54, 1.807) is 11.3 Å². The van der Waals surface area contributed by atoms with Crippen molar-refractivity contribution < 1.29 is 4.79 Å². The van der Waals surface area contributed by atoms with Crippen molar-refractivity contribution in [1.82, 2.24) is 4.98 Å². The van der Waals surface area contributed by atoms with E-state index in [1.807, 2.05) is 6.07 Å². The monoisotopic (exact) mass is 371 g/mol. The Hall–Kier alpha value is -1.45. The van der Waals surface area contributed by atoms with Gasteiger partial charge >= 0.3 is 0 Å². The van der Waals surface area contributed by atoms with Crippen molar-refractivity contribution in [3.8, 4) is 0 Å². The van der Waals surface area contributed by atoms with Gasteiger partial charge in [-0.25, -0.2) is 4.98 Å². The number of aromatic nitrogens is 1. The van der Waals surface area contributed by atoms with Gasteiger partial charge in [-0.15, -0.1) is 11.3 Å². The van der Waals surface area contributed by atoms with Gasteiger partial charge in [-0.05, 0) is 23.8 Å². The zero-order valence-electron chi connectivity index (χ0n) is 14.9. The molecule has 0 fully saturated rings. The van der Waals surface area contributed by atoms with Gasteiger partial charge in [0.1, 0.15) is 0 Å². The minimum absolute atomic E-state index is 0.0173. The quantitative estimate of drug-likeness (QED) is 0.674. The molecule has 1 heterocycles. The Morgan fingerprint density at radius 3 is 2.60 bits per heavy atom. The summed E-state index contributed by atoms with van der Waals surface area (Å²) < 4.78 is 0.574. The lowest BCUT2D eigenvalue weighted by Crippen LogP contribution is -2.41. The lowest BCUT2D eigenvalue weighted by atomic mass is 9.59. The van der Waals surface area contributed by atoms with Crippen molar-refractivity contribution in [2.24, 2.45) is 5.41 Å². The Morgan fingerprint density at radius 2 is 1.92 bits per heavy atom. The van der Waals surface area contributed by atoms with Crippen LogP contribution in [-0.2, 0) is 16.6 Å². The van der Waals surface area contributed by atoms with Crippen LogP contribution in [0.25, 0.3) is 0 Å². The number of hydrogen-bond acceptors (Lipinski definition) is 3. The number of nitrogens with zero attached hydrogens (tertiary/aromatic N) is 1. The van der Waals surface area contributed by atoms with E-state index in [0.29, 0.717) is 16.7 Å². The highest BCUT2D eigenvalue weighted by atomic mass is 35.5. The van der Waals surface area contributed by atoms with Gasteiger partial charge in [-0.1, -0.05) is 68.3 Å². The molecule has 2 aliphatic rings. The smallest absolute Gasteiger partial charge is 0.184 e. The van der Waals surface area contributed by atoms with E-state index >= 15 is 0 Å². The van der Waals surface area contributed by atoms with Crippen molar-refractivity contribution in [1.29, 1.82) is 0 Å². The molecule has 0 radical (unpaired) electrons. The normalized spacial score (nSPS) is 24.9. The average molecular weight is 372 g/mol. The number of rotatable bonds is 2. The minimum atomic E-state index is -0.400. The molecule has 0 saturated heterocycles. The molecule has 0 spiro atoms. The average Bonchev–Trinajstić information content (AvgIpc) is 2.92. The predicted octanol–water partition coefficient (Wildman–Crippen LogP) is 5.73. The lowest BCUT2D eigenvalue weighted by Gasteiger charge is -2.44. The first-order chi connectivity index (χ1) is 11.9. The number of hydrogen-bond donors (Lipinski definition) is 0. The molecule has 1 aromatic heterocycles. The summed E-state index contributed by atoms with van der Waals surface area (Å²) in [5.41, 5.74) is 4.14. The third-order valence-corrected chi connectivity index (χ3v) is 6.99. The van der Waals surface area contributed by atoms with Gasteiger partial charge in [0, 0.05) is 23.3 Å². The van der Waals surface area contributed by atoms with Crippen LogP contribution in [0, 0.1) is 5.41 Å². The van der Waals surface area contributed by atoms with Gasteiger partial charge in [-0.3, -0.25) is 4.79 Å². The topological polar surface area (TPSA) is 30.0 Å². The van der Waals surface area contributed by atoms with Crippen LogP contribution in [0.2, 0.25) is 4.47 Å². The molecule has 0 amide bonds. The van der Waals surface area contributed by atoms with E-state index in [1.165, 1.54) is 11.1 Å². The van der Waals surface area contributed by atoms with Gasteiger partial charge in [0.15, 0.2) is 10.3 Å². The molecule has 4 rings (SSSR count). The second-order valence-corrected chi connectivity index (χ2v) is 9.55. The zero-order chi connectivity index (χ0) is 17.8. The van der Waals surface area contributed by atoms with Crippen LogP contribution < -0.4 is 0 Å². The van der Waals surface area contributed by atoms with Crippen LogP contribution >= 0.6 is 22.9 Å². The molecule has 1 atom stereocenters. The Kier molecular flexibility index (Phi) is 3.93. The molecule has 2 aliphatic carbocycles. The third kappa shape index (κ3) is 2.51. The standard InChI is InChI=1S/C21H22ClNOS/c1-4-21(14-8-6-5-7-9-14)17-13(11-20(2,3)12-16(17)24)10-15-18(21)25-19(22)23-15/h5-9H,4,10-12H2,1-3H3. The zero-order valence-corrected chi connectivity index (χ0v) is 16.4. The van der Waals surface area contributed by atoms with Crippen molar-refractivity contribution in [2.75, 3.05) is 0 Å². The fraction of sp³-hybridized carbons (Fsp3) is 0.429. The van der Waals surface area contributed by atoms with Crippen LogP contribution in [0.15, 0.2) is 41.5 Å². The summed E-state index contributed by atoms with van der Waals surface area (Å²) >= 11 is 7.86. The molecule has 2 nitrogen and oxygen atoms in total. The number of carbonyl (C=O) groups is 1. The Labute approximate surface area is 157 Å². The summed E-state index contributed by atoms with van der Waals surface area (Å²) in [6.45, 7) is 6.55. The maximum absolute atomic E-state index is 13.3. The number of fused-ring (bicyclic) bond motifs is 1. The highest BCUT2D eigenvalue weighted by Gasteiger charge is 2.50. The fourth-order valence-corrected chi connectivity index (χ4v) is 6.20. The molecule has 0 aliphatic heterocycles. The van der Waals surface area contributed by atoms with Crippen LogP contribution in [0.4, 0.5) is 0 Å². The summed E-state index contributed by atoms with van der Waals surface area (Å²) in [4.78, 5) is 19.1. The summed E-state index contributed by atoms with van der Waals surface area (Å²) in [5, 5.41) is 0. The van der Waals surface area contributed by atoms with Gasteiger partial charge < -0.3 is 0 Å². The van der Waals surface area contributed by atoms with Crippen molar-refractivity contribution >= 4 is 28.7 Å². The number of benzene rings is 1. The summed E-state index contributed by atoms with van der Waals surface area (Å²) in [5.74, 6) is 0.298. The van der Waals surface area contributed by atoms with E-state index < -0.39 is 5.41 Å². The van der Waals surface area contributed by atoms with Crippen molar-refractivity contribution in [3.05, 3.63) is 62.1 Å². The molecular weight excluding hydrogens is 350 g/mol. The Balaban J connectivity index is 2.04. The van der Waals surface area contributed by atoms with Gasteiger partial charge in [0.2, 0.25) is 0 Å². The summed E-state index contributed by atoms with van der Waals surface area (Å²) in [6.07, 6.45) is 3.17. The highest BCUT2D eigenvalue weighted by molar-refractivity contribution is 7.16. The number of ketones is 1. The first-order valence-corrected chi connectivity index (χ1v) is 10.0. The van der Waals surface area contributed by atoms with Crippen LogP contribution in [0.5, 0.6) is 0 Å². The van der Waals surface area contributed by atoms with E-state index in [9.17, 15) is 4.79 Å². The van der Waals surface area contributed by atoms with Crippen LogP contribution in [0.3, 0.4) is 0 Å². The maximum atomic E-state index is 13.3. The number of Topliss-reactive ketones (excluding diaryl/α,β-unsaturated/α-hetero) is 1. The SMILES string of the molecule is CCC1(c2ccccc2)C2=C(Cc3nc(Cl)sc31)CC(C)(C)CC2=O. The molecular formula is C21H22ClNOS. The Bertz CT molecular complexity index is 881. The molecule has 25 heavy (non-hydrogen) atoms. The number of halogens is 1. The largest absolute Gasteiger partial charge is 0.294 e. The first-order valence-electron chi connectivity index (χ1n) is 8.84. The lowest BCUT2D eigenvalue weighted by molar-refractivity contribution is -0.118. The van der Waals surface area contributed by atoms with Gasteiger partial charge in [-0.2, -0.15) is 0 Å². The number of thiazole rings is 1. The molecule has 1 aromatic carbocycles. The van der Waals surface area contributed by atoms with E-state index in [0.717, 1.165) is 35.4 Å². The van der Waals surface area contributed by atoms with Crippen LogP contribution in [-0.4, -0.2) is 10.8 Å². The predicted molar refractivity (Wildman–Crippen MR) is 103 cm³/mol. The van der Waals surface area contributed by atoms with E-state index in [-0.39, 0.29) is 5.41 Å². The first kappa shape index (κ1) is 17.0. The van der Waals surface area contributed by atoms with Gasteiger partial charge in [0.05, 0.1) is 11.1 Å². The third-order valence-electron chi connectivity index (χ3n) is 5.63. The molecule has 0 bridgehead atoms. The van der Waals surface area contributed by atoms with Gasteiger partial charge in [0.25, 0.3) is 0 Å². The molecule has 4 heteroatoms. The van der Waals surface area contributed by atoms with Crippen molar-refractivity contribution in [3.63, 3.8) is 0 Å². The fourth-order valence-electron chi connectivity index (χ4n) is 4.77.